The molecule has 0 saturated heterocycles. The maximum atomic E-state index is 12.5. The lowest BCUT2D eigenvalue weighted by Crippen LogP contribution is -2.36. The minimum atomic E-state index is -0.698. The van der Waals surface area contributed by atoms with Crippen LogP contribution in [0.4, 0.5) is 0 Å². The molecule has 8 nitrogen and oxygen atoms in total. The molecule has 0 bridgehead atoms. The number of fused-ring (bicyclic) bond motifs is 1. The molecule has 0 unspecified atom stereocenters. The van der Waals surface area contributed by atoms with E-state index in [1.165, 1.54) is 4.57 Å². The van der Waals surface area contributed by atoms with E-state index in [0.717, 1.165) is 16.9 Å². The van der Waals surface area contributed by atoms with Gasteiger partial charge in [0.05, 0.1) is 18.7 Å². The molecule has 0 aliphatic heterocycles. The van der Waals surface area contributed by atoms with E-state index in [4.69, 9.17) is 4.74 Å². The van der Waals surface area contributed by atoms with Gasteiger partial charge in [0.25, 0.3) is 5.91 Å². The summed E-state index contributed by atoms with van der Waals surface area (Å²) in [5, 5.41) is 2.89. The van der Waals surface area contributed by atoms with Crippen LogP contribution in [-0.4, -0.2) is 27.0 Å². The second kappa shape index (κ2) is 9.30. The third kappa shape index (κ3) is 4.59. The lowest BCUT2D eigenvalue weighted by atomic mass is 10.1. The summed E-state index contributed by atoms with van der Waals surface area (Å²) in [6, 6.07) is 17.8. The molecule has 2 aromatic heterocycles. The van der Waals surface area contributed by atoms with E-state index in [1.807, 2.05) is 31.2 Å². The van der Waals surface area contributed by atoms with Gasteiger partial charge in [-0.2, -0.15) is 0 Å². The van der Waals surface area contributed by atoms with Crippen LogP contribution in [0, 0.1) is 0 Å². The second-order valence-corrected chi connectivity index (χ2v) is 7.18. The van der Waals surface area contributed by atoms with E-state index in [2.05, 4.69) is 15.3 Å². The molecular weight excluding hydrogens is 408 g/mol. The van der Waals surface area contributed by atoms with Crippen LogP contribution in [-0.2, 0) is 13.1 Å². The number of aromatic amines is 1. The lowest BCUT2D eigenvalue weighted by Gasteiger charge is -2.10. The number of rotatable bonds is 7. The van der Waals surface area contributed by atoms with E-state index in [0.29, 0.717) is 29.9 Å². The topological polar surface area (TPSA) is 106 Å². The zero-order valence-corrected chi connectivity index (χ0v) is 17.5. The number of ether oxygens (including phenoxy) is 1. The first kappa shape index (κ1) is 21.0. The van der Waals surface area contributed by atoms with Crippen molar-refractivity contribution in [1.29, 1.82) is 0 Å². The third-order valence-electron chi connectivity index (χ3n) is 4.97. The number of carbonyl (C=O) groups is 1. The normalized spacial score (nSPS) is 10.8. The van der Waals surface area contributed by atoms with Gasteiger partial charge in [-0.05, 0) is 54.4 Å². The number of pyridine rings is 1. The molecule has 0 aliphatic carbocycles. The summed E-state index contributed by atoms with van der Waals surface area (Å²) in [6.45, 7) is 3.10. The summed E-state index contributed by atoms with van der Waals surface area (Å²) < 4.78 is 6.74. The highest BCUT2D eigenvalue weighted by Gasteiger charge is 2.10. The fourth-order valence-corrected chi connectivity index (χ4v) is 3.35. The second-order valence-electron chi connectivity index (χ2n) is 7.18. The molecule has 0 spiro atoms. The minimum absolute atomic E-state index is 0.171. The molecule has 0 fully saturated rings. The van der Waals surface area contributed by atoms with Crippen LogP contribution in [0.3, 0.4) is 0 Å². The Labute approximate surface area is 183 Å². The average Bonchev–Trinajstić information content (AvgIpc) is 2.82. The maximum absolute atomic E-state index is 12.5. The molecule has 8 heteroatoms. The van der Waals surface area contributed by atoms with Crippen molar-refractivity contribution in [3.8, 4) is 5.75 Å². The van der Waals surface area contributed by atoms with Gasteiger partial charge in [0, 0.05) is 18.3 Å². The summed E-state index contributed by atoms with van der Waals surface area (Å²) in [5.74, 6) is 0.589. The molecule has 2 N–H and O–H groups in total. The number of benzene rings is 2. The van der Waals surface area contributed by atoms with Crippen molar-refractivity contribution >= 4 is 17.1 Å². The van der Waals surface area contributed by atoms with Gasteiger partial charge >= 0.3 is 11.1 Å². The summed E-state index contributed by atoms with van der Waals surface area (Å²) in [4.78, 5) is 43.5. The van der Waals surface area contributed by atoms with E-state index >= 15 is 0 Å². The maximum Gasteiger partial charge on any atom is 0.318 e. The van der Waals surface area contributed by atoms with Gasteiger partial charge in [0.15, 0.2) is 5.65 Å². The summed E-state index contributed by atoms with van der Waals surface area (Å²) in [7, 11) is 0. The number of carbonyl (C=O) groups excluding carboxylic acids is 1. The standard InChI is InChI=1S/C24H22N4O4/c1-2-32-19-11-7-16(8-12-19)14-26-22(29)18-9-5-17(6-10-18)15-28-21-20(4-3-13-25-21)27-23(30)24(28)31/h3-13H,2,14-15H2,1H3,(H,26,29)(H,27,30). The summed E-state index contributed by atoms with van der Waals surface area (Å²) in [6.07, 6.45) is 1.56. The molecule has 4 aromatic rings. The van der Waals surface area contributed by atoms with Crippen molar-refractivity contribution in [2.24, 2.45) is 0 Å². The summed E-state index contributed by atoms with van der Waals surface area (Å²) in [5.41, 5.74) is 1.75. The van der Waals surface area contributed by atoms with E-state index < -0.39 is 11.1 Å². The zero-order chi connectivity index (χ0) is 22.5. The predicted octanol–water partition coefficient (Wildman–Crippen LogP) is 2.46. The van der Waals surface area contributed by atoms with Crippen molar-refractivity contribution in [3.05, 3.63) is 104 Å². The van der Waals surface area contributed by atoms with Crippen LogP contribution < -0.4 is 21.2 Å². The van der Waals surface area contributed by atoms with Gasteiger partial charge in [-0.1, -0.05) is 24.3 Å². The molecule has 2 aromatic carbocycles. The van der Waals surface area contributed by atoms with E-state index in [1.54, 1.807) is 42.6 Å². The van der Waals surface area contributed by atoms with Crippen LogP contribution >= 0.6 is 0 Å². The predicted molar refractivity (Wildman–Crippen MR) is 121 cm³/mol. The van der Waals surface area contributed by atoms with Crippen LogP contribution in [0.2, 0.25) is 0 Å². The van der Waals surface area contributed by atoms with Crippen LogP contribution in [0.15, 0.2) is 76.4 Å². The molecular formula is C24H22N4O4. The Bertz CT molecular complexity index is 1360. The van der Waals surface area contributed by atoms with Gasteiger partial charge in [-0.3, -0.25) is 19.0 Å². The Kier molecular flexibility index (Phi) is 6.12. The first-order valence-electron chi connectivity index (χ1n) is 10.2. The number of amides is 1. The Morgan fingerprint density at radius 3 is 2.47 bits per heavy atom. The Hall–Kier alpha value is -4.20. The average molecular weight is 430 g/mol. The molecule has 0 aliphatic rings. The molecule has 2 heterocycles. The SMILES string of the molecule is CCOc1ccc(CNC(=O)c2ccc(Cn3c(=O)c(=O)[nH]c4cccnc43)cc2)cc1. The Morgan fingerprint density at radius 1 is 1.03 bits per heavy atom. The molecule has 4 rings (SSSR count). The number of H-pyrrole nitrogens is 1. The van der Waals surface area contributed by atoms with Crippen LogP contribution in [0.5, 0.6) is 5.75 Å². The van der Waals surface area contributed by atoms with Crippen molar-refractivity contribution < 1.29 is 9.53 Å². The third-order valence-corrected chi connectivity index (χ3v) is 4.97. The molecule has 0 radical (unpaired) electrons. The highest BCUT2D eigenvalue weighted by Crippen LogP contribution is 2.13. The molecule has 0 saturated carbocycles. The van der Waals surface area contributed by atoms with Gasteiger partial charge in [-0.15, -0.1) is 0 Å². The first-order chi connectivity index (χ1) is 15.5. The Balaban J connectivity index is 1.45. The van der Waals surface area contributed by atoms with Crippen molar-refractivity contribution in [2.45, 2.75) is 20.0 Å². The smallest absolute Gasteiger partial charge is 0.318 e. The number of nitrogens with zero attached hydrogens (tertiary/aromatic N) is 2. The molecule has 32 heavy (non-hydrogen) atoms. The van der Waals surface area contributed by atoms with E-state index in [-0.39, 0.29) is 12.5 Å². The molecule has 0 atom stereocenters. The van der Waals surface area contributed by atoms with Gasteiger partial charge in [0.1, 0.15) is 5.75 Å². The fourth-order valence-electron chi connectivity index (χ4n) is 3.35. The summed E-state index contributed by atoms with van der Waals surface area (Å²) >= 11 is 0. The highest BCUT2D eigenvalue weighted by atomic mass is 16.5. The van der Waals surface area contributed by atoms with Gasteiger partial charge in [-0.25, -0.2) is 4.98 Å². The first-order valence-corrected chi connectivity index (χ1v) is 10.2. The van der Waals surface area contributed by atoms with Crippen molar-refractivity contribution in [2.75, 3.05) is 6.61 Å². The number of hydrogen-bond acceptors (Lipinski definition) is 5. The number of nitrogens with one attached hydrogen (secondary N) is 2. The highest BCUT2D eigenvalue weighted by molar-refractivity contribution is 5.94. The van der Waals surface area contributed by atoms with Crippen molar-refractivity contribution in [3.63, 3.8) is 0 Å². The van der Waals surface area contributed by atoms with E-state index in [9.17, 15) is 14.4 Å². The zero-order valence-electron chi connectivity index (χ0n) is 17.5. The minimum Gasteiger partial charge on any atom is -0.494 e. The van der Waals surface area contributed by atoms with Crippen LogP contribution in [0.25, 0.3) is 11.2 Å². The van der Waals surface area contributed by atoms with Crippen molar-refractivity contribution in [1.82, 2.24) is 19.9 Å². The largest absolute Gasteiger partial charge is 0.494 e. The molecule has 1 amide bonds. The Morgan fingerprint density at radius 2 is 1.75 bits per heavy atom. The molecule has 162 valence electrons. The quantitative estimate of drug-likeness (QED) is 0.438. The lowest BCUT2D eigenvalue weighted by molar-refractivity contribution is 0.0951. The van der Waals surface area contributed by atoms with Gasteiger partial charge in [0.2, 0.25) is 0 Å². The van der Waals surface area contributed by atoms with Crippen LogP contribution in [0.1, 0.15) is 28.4 Å². The van der Waals surface area contributed by atoms with Gasteiger partial charge < -0.3 is 15.0 Å². The fraction of sp³-hybridized carbons (Fsp3) is 0.167. The monoisotopic (exact) mass is 430 g/mol. The number of aromatic nitrogens is 3. The number of hydrogen-bond donors (Lipinski definition) is 2.